The van der Waals surface area contributed by atoms with Gasteiger partial charge in [-0.3, -0.25) is 4.98 Å². The van der Waals surface area contributed by atoms with E-state index in [1.165, 1.54) is 12.8 Å². The van der Waals surface area contributed by atoms with Crippen LogP contribution in [0.4, 0.5) is 0 Å². The van der Waals surface area contributed by atoms with Crippen LogP contribution in [0.2, 0.25) is 0 Å². The first kappa shape index (κ1) is 12.5. The highest BCUT2D eigenvalue weighted by atomic mass is 16.5. The van der Waals surface area contributed by atoms with Gasteiger partial charge in [0.1, 0.15) is 0 Å². The van der Waals surface area contributed by atoms with Crippen LogP contribution >= 0.6 is 0 Å². The third kappa shape index (κ3) is 3.72. The molecule has 1 saturated carbocycles. The fourth-order valence-electron chi connectivity index (χ4n) is 1.98. The Kier molecular flexibility index (Phi) is 4.01. The molecule has 1 aliphatic rings. The molecule has 0 spiro atoms. The van der Waals surface area contributed by atoms with Crippen molar-refractivity contribution in [2.24, 2.45) is 5.92 Å². The Labute approximate surface area is 113 Å². The summed E-state index contributed by atoms with van der Waals surface area (Å²) in [6, 6.07) is 7.93. The highest BCUT2D eigenvalue weighted by Gasteiger charge is 2.20. The largest absolute Gasteiger partial charge is 0.380 e. The van der Waals surface area contributed by atoms with Gasteiger partial charge in [-0.1, -0.05) is 12.1 Å². The van der Waals surface area contributed by atoms with Crippen LogP contribution in [0.15, 0.2) is 30.5 Å². The summed E-state index contributed by atoms with van der Waals surface area (Å²) in [6.07, 6.45) is 4.53. The molecule has 19 heavy (non-hydrogen) atoms. The van der Waals surface area contributed by atoms with Crippen molar-refractivity contribution in [1.29, 1.82) is 0 Å². The number of hydrogen-bond donors (Lipinski definition) is 1. The Hall–Kier alpha value is -1.52. The van der Waals surface area contributed by atoms with Gasteiger partial charge in [0.2, 0.25) is 0 Å². The van der Waals surface area contributed by atoms with E-state index in [2.05, 4.69) is 15.3 Å². The van der Waals surface area contributed by atoms with Gasteiger partial charge in [0.25, 0.3) is 0 Å². The van der Waals surface area contributed by atoms with Crippen LogP contribution < -0.4 is 5.32 Å². The summed E-state index contributed by atoms with van der Waals surface area (Å²) in [4.78, 5) is 8.96. The first-order valence-corrected chi connectivity index (χ1v) is 6.91. The maximum absolute atomic E-state index is 5.57. The summed E-state index contributed by atoms with van der Waals surface area (Å²) in [5.74, 6) is 0.839. The number of para-hydroxylation sites is 2. The topological polar surface area (TPSA) is 47.0 Å². The van der Waals surface area contributed by atoms with Crippen molar-refractivity contribution in [3.8, 4) is 0 Å². The molecule has 0 atom stereocenters. The van der Waals surface area contributed by atoms with Crippen LogP contribution in [0.1, 0.15) is 18.5 Å². The predicted molar refractivity (Wildman–Crippen MR) is 74.8 cm³/mol. The predicted octanol–water partition coefficient (Wildman–Crippen LogP) is 2.15. The van der Waals surface area contributed by atoms with E-state index in [9.17, 15) is 0 Å². The van der Waals surface area contributed by atoms with Gasteiger partial charge in [0.05, 0.1) is 29.5 Å². The van der Waals surface area contributed by atoms with E-state index in [-0.39, 0.29) is 0 Å². The van der Waals surface area contributed by atoms with Gasteiger partial charge in [-0.15, -0.1) is 0 Å². The number of aromatic nitrogens is 2. The van der Waals surface area contributed by atoms with Gasteiger partial charge < -0.3 is 10.1 Å². The number of nitrogens with one attached hydrogen (secondary N) is 1. The molecule has 100 valence electrons. The summed E-state index contributed by atoms with van der Waals surface area (Å²) < 4.78 is 5.57. The zero-order valence-electron chi connectivity index (χ0n) is 11.0. The number of nitrogens with zero attached hydrogens (tertiary/aromatic N) is 2. The zero-order valence-corrected chi connectivity index (χ0v) is 11.0. The van der Waals surface area contributed by atoms with Crippen LogP contribution in [0.25, 0.3) is 11.0 Å². The van der Waals surface area contributed by atoms with Crippen molar-refractivity contribution in [2.45, 2.75) is 19.4 Å². The molecule has 0 aliphatic heterocycles. The lowest BCUT2D eigenvalue weighted by Crippen LogP contribution is -2.20. The second-order valence-electron chi connectivity index (χ2n) is 5.05. The van der Waals surface area contributed by atoms with Crippen LogP contribution in [0.5, 0.6) is 0 Å². The van der Waals surface area contributed by atoms with Gasteiger partial charge in [-0.05, 0) is 30.9 Å². The summed E-state index contributed by atoms with van der Waals surface area (Å²) >= 11 is 0. The first-order chi connectivity index (χ1) is 9.42. The van der Waals surface area contributed by atoms with E-state index >= 15 is 0 Å². The lowest BCUT2D eigenvalue weighted by Gasteiger charge is -2.06. The normalized spacial score (nSPS) is 14.9. The number of hydrogen-bond acceptors (Lipinski definition) is 4. The van der Waals surface area contributed by atoms with E-state index in [0.29, 0.717) is 0 Å². The van der Waals surface area contributed by atoms with Gasteiger partial charge in [-0.25, -0.2) is 4.98 Å². The maximum atomic E-state index is 5.57. The number of fused-ring (bicyclic) bond motifs is 1. The van der Waals surface area contributed by atoms with E-state index < -0.39 is 0 Å². The highest BCUT2D eigenvalue weighted by molar-refractivity contribution is 5.73. The second-order valence-corrected chi connectivity index (χ2v) is 5.05. The molecule has 0 amide bonds. The maximum Gasteiger partial charge on any atom is 0.0890 e. The van der Waals surface area contributed by atoms with Gasteiger partial charge in [-0.2, -0.15) is 0 Å². The zero-order chi connectivity index (χ0) is 12.9. The van der Waals surface area contributed by atoms with Crippen molar-refractivity contribution < 1.29 is 4.74 Å². The SMILES string of the molecule is c1ccc2nc(CNCCOCC3CC3)cnc2c1. The van der Waals surface area contributed by atoms with Gasteiger partial charge in [0.15, 0.2) is 0 Å². The lowest BCUT2D eigenvalue weighted by molar-refractivity contribution is 0.126. The molecule has 2 aromatic rings. The molecule has 0 unspecified atom stereocenters. The molecule has 1 N–H and O–H groups in total. The molecule has 4 nitrogen and oxygen atoms in total. The first-order valence-electron chi connectivity index (χ1n) is 6.91. The molecule has 1 aromatic carbocycles. The van der Waals surface area contributed by atoms with Crippen molar-refractivity contribution >= 4 is 11.0 Å². The third-order valence-corrected chi connectivity index (χ3v) is 3.28. The Morgan fingerprint density at radius 1 is 1.21 bits per heavy atom. The molecule has 0 saturated heterocycles. The lowest BCUT2D eigenvalue weighted by atomic mass is 10.3. The fraction of sp³-hybridized carbons (Fsp3) is 0.467. The summed E-state index contributed by atoms with van der Waals surface area (Å²) in [7, 11) is 0. The van der Waals surface area contributed by atoms with Crippen LogP contribution in [0, 0.1) is 5.92 Å². The number of ether oxygens (including phenoxy) is 1. The van der Waals surface area contributed by atoms with E-state index in [4.69, 9.17) is 4.74 Å². The van der Waals surface area contributed by atoms with Crippen molar-refractivity contribution in [2.75, 3.05) is 19.8 Å². The summed E-state index contributed by atoms with van der Waals surface area (Å²) in [5, 5.41) is 3.33. The van der Waals surface area contributed by atoms with E-state index in [0.717, 1.165) is 48.9 Å². The van der Waals surface area contributed by atoms with E-state index in [1.807, 2.05) is 30.5 Å². The monoisotopic (exact) mass is 257 g/mol. The number of rotatable bonds is 7. The summed E-state index contributed by atoms with van der Waals surface area (Å²) in [5.41, 5.74) is 2.87. The fourth-order valence-corrected chi connectivity index (χ4v) is 1.98. The molecule has 1 fully saturated rings. The molecule has 3 rings (SSSR count). The smallest absolute Gasteiger partial charge is 0.0890 e. The van der Waals surface area contributed by atoms with Crippen molar-refractivity contribution in [3.63, 3.8) is 0 Å². The summed E-state index contributed by atoms with van der Waals surface area (Å²) in [6.45, 7) is 3.31. The minimum atomic E-state index is 0.741. The Balaban J connectivity index is 1.42. The van der Waals surface area contributed by atoms with Crippen LogP contribution in [0.3, 0.4) is 0 Å². The van der Waals surface area contributed by atoms with Crippen molar-refractivity contribution in [1.82, 2.24) is 15.3 Å². The highest BCUT2D eigenvalue weighted by Crippen LogP contribution is 2.28. The van der Waals surface area contributed by atoms with Gasteiger partial charge >= 0.3 is 0 Å². The minimum absolute atomic E-state index is 0.741. The average molecular weight is 257 g/mol. The quantitative estimate of drug-likeness (QED) is 0.772. The third-order valence-electron chi connectivity index (χ3n) is 3.28. The Bertz CT molecular complexity index is 540. The standard InChI is InChI=1S/C15H19N3O/c1-2-4-15-14(3-1)17-10-13(18-15)9-16-7-8-19-11-12-5-6-12/h1-4,10,12,16H,5-9,11H2. The molecule has 1 aliphatic carbocycles. The average Bonchev–Trinajstić information content (AvgIpc) is 3.27. The molecular formula is C15H19N3O. The molecule has 0 radical (unpaired) electrons. The Morgan fingerprint density at radius 3 is 2.89 bits per heavy atom. The van der Waals surface area contributed by atoms with Crippen LogP contribution in [-0.4, -0.2) is 29.7 Å². The second kappa shape index (κ2) is 6.08. The van der Waals surface area contributed by atoms with Crippen molar-refractivity contribution in [3.05, 3.63) is 36.2 Å². The number of benzene rings is 1. The van der Waals surface area contributed by atoms with Crippen LogP contribution in [-0.2, 0) is 11.3 Å². The minimum Gasteiger partial charge on any atom is -0.380 e. The molecule has 1 heterocycles. The molecule has 4 heteroatoms. The molecular weight excluding hydrogens is 238 g/mol. The van der Waals surface area contributed by atoms with Gasteiger partial charge in [0, 0.05) is 19.7 Å². The molecule has 1 aromatic heterocycles. The molecule has 0 bridgehead atoms. The Morgan fingerprint density at radius 2 is 2.05 bits per heavy atom. The van der Waals surface area contributed by atoms with E-state index in [1.54, 1.807) is 0 Å².